The first-order valence-electron chi connectivity index (χ1n) is 24.8. The first-order chi connectivity index (χ1) is 28.8. The largest absolute Gasteiger partial charge is 0.462 e. The van der Waals surface area contributed by atoms with Gasteiger partial charge in [-0.05, 0) is 216 Å². The number of ether oxygens (including phenoxy) is 6. The molecule has 59 heavy (non-hydrogen) atoms. The zero-order chi connectivity index (χ0) is 40.5. The summed E-state index contributed by atoms with van der Waals surface area (Å²) in [6, 6.07) is 0. The fourth-order valence-electron chi connectivity index (χ4n) is 16.3. The minimum Gasteiger partial charge on any atom is -0.462 e. The summed E-state index contributed by atoms with van der Waals surface area (Å²) in [4.78, 5) is 23.5. The van der Waals surface area contributed by atoms with E-state index < -0.39 is 0 Å². The molecule has 0 radical (unpaired) electrons. The standard InChI is InChI=1S/C51H78O8/c1-4-50(52)58-29-39-20-36-23-45(39)48-17-33(14-42(36)48)26-55-10-6-5-9-54-25-32-13-41-35-19-38(44(22-35)47(41)16-32)28-57-12-8-7-11-56-27-34-15-43-37-21-40(30-59-51(53)31(2)3)46(24-37)49(43)18-34/h4,32-49H,1-2,5-30H2,3H3. The quantitative estimate of drug-likeness (QED) is 0.0541. The van der Waals surface area contributed by atoms with Gasteiger partial charge in [0.15, 0.2) is 0 Å². The molecular weight excluding hydrogens is 741 g/mol. The molecule has 8 heteroatoms. The maximum Gasteiger partial charge on any atom is 0.333 e. The van der Waals surface area contributed by atoms with E-state index in [9.17, 15) is 9.59 Å². The predicted molar refractivity (Wildman–Crippen MR) is 227 cm³/mol. The summed E-state index contributed by atoms with van der Waals surface area (Å²) in [6.45, 7) is 17.4. The Hall–Kier alpha value is -1.74. The van der Waals surface area contributed by atoms with E-state index in [0.29, 0.717) is 42.5 Å². The second-order valence-corrected chi connectivity index (χ2v) is 21.9. The number of carbonyl (C=O) groups excluding carboxylic acids is 2. The topological polar surface area (TPSA) is 89.5 Å². The third-order valence-electron chi connectivity index (χ3n) is 18.5. The van der Waals surface area contributed by atoms with E-state index in [1.54, 1.807) is 6.92 Å². The molecule has 0 heterocycles. The van der Waals surface area contributed by atoms with Gasteiger partial charge in [-0.2, -0.15) is 0 Å². The number of esters is 2. The maximum absolute atomic E-state index is 11.9. The molecule has 9 rings (SSSR count). The van der Waals surface area contributed by atoms with Crippen LogP contribution in [0.3, 0.4) is 0 Å². The normalized spacial score (nSPS) is 43.0. The third kappa shape index (κ3) is 9.47. The number of rotatable bonds is 24. The summed E-state index contributed by atoms with van der Waals surface area (Å²) in [5.41, 5.74) is 0.505. The van der Waals surface area contributed by atoms with Gasteiger partial charge in [0.2, 0.25) is 0 Å². The van der Waals surface area contributed by atoms with Crippen molar-refractivity contribution in [2.75, 3.05) is 66.1 Å². The van der Waals surface area contributed by atoms with Gasteiger partial charge in [0.1, 0.15) is 0 Å². The highest BCUT2D eigenvalue weighted by Gasteiger charge is 2.58. The van der Waals surface area contributed by atoms with Crippen LogP contribution in [0.5, 0.6) is 0 Å². The summed E-state index contributed by atoms with van der Waals surface area (Å²) in [5, 5.41) is 0. The van der Waals surface area contributed by atoms with Crippen molar-refractivity contribution in [3.8, 4) is 0 Å². The zero-order valence-electron chi connectivity index (χ0n) is 36.5. The average Bonchev–Trinajstić information content (AvgIpc) is 4.08. The van der Waals surface area contributed by atoms with Crippen molar-refractivity contribution in [3.63, 3.8) is 0 Å². The van der Waals surface area contributed by atoms with E-state index in [-0.39, 0.29) is 11.9 Å². The second-order valence-electron chi connectivity index (χ2n) is 21.9. The first-order valence-corrected chi connectivity index (χ1v) is 24.8. The maximum atomic E-state index is 11.9. The molecule has 9 aliphatic carbocycles. The molecule has 9 aliphatic rings. The van der Waals surface area contributed by atoms with E-state index in [0.717, 1.165) is 161 Å². The van der Waals surface area contributed by atoms with Crippen LogP contribution in [-0.4, -0.2) is 78.0 Å². The smallest absolute Gasteiger partial charge is 0.333 e. The van der Waals surface area contributed by atoms with Crippen molar-refractivity contribution < 1.29 is 38.0 Å². The van der Waals surface area contributed by atoms with Crippen LogP contribution < -0.4 is 0 Å². The van der Waals surface area contributed by atoms with Crippen LogP contribution in [-0.2, 0) is 38.0 Å². The summed E-state index contributed by atoms with van der Waals surface area (Å²) < 4.78 is 36.0. The lowest BCUT2D eigenvalue weighted by Crippen LogP contribution is -2.28. The van der Waals surface area contributed by atoms with Gasteiger partial charge in [0.05, 0.1) is 13.2 Å². The molecule has 6 bridgehead atoms. The van der Waals surface area contributed by atoms with Crippen molar-refractivity contribution in [1.82, 2.24) is 0 Å². The Bertz CT molecular complexity index is 1460. The van der Waals surface area contributed by atoms with Gasteiger partial charge in [-0.1, -0.05) is 13.2 Å². The highest BCUT2D eigenvalue weighted by atomic mass is 16.5. The Morgan fingerprint density at radius 2 is 0.814 bits per heavy atom. The number of carbonyl (C=O) groups is 2. The molecule has 330 valence electrons. The number of hydrogen-bond acceptors (Lipinski definition) is 8. The van der Waals surface area contributed by atoms with Crippen LogP contribution in [0.1, 0.15) is 110 Å². The van der Waals surface area contributed by atoms with E-state index in [1.165, 1.54) is 83.1 Å². The molecule has 0 aromatic heterocycles. The number of unbranched alkanes of at least 4 members (excludes halogenated alkanes) is 2. The molecule has 0 aliphatic heterocycles. The van der Waals surface area contributed by atoms with Crippen LogP contribution in [0.15, 0.2) is 24.8 Å². The molecule has 0 spiro atoms. The molecule has 0 amide bonds. The number of fused-ring (bicyclic) bond motifs is 15. The summed E-state index contributed by atoms with van der Waals surface area (Å²) in [7, 11) is 0. The van der Waals surface area contributed by atoms with Crippen molar-refractivity contribution in [3.05, 3.63) is 24.8 Å². The minimum atomic E-state index is -0.276. The van der Waals surface area contributed by atoms with Crippen molar-refractivity contribution >= 4 is 11.9 Å². The van der Waals surface area contributed by atoms with Gasteiger partial charge >= 0.3 is 11.9 Å². The molecule has 8 nitrogen and oxygen atoms in total. The Balaban J connectivity index is 0.564. The van der Waals surface area contributed by atoms with Gasteiger partial charge < -0.3 is 28.4 Å². The van der Waals surface area contributed by atoms with E-state index >= 15 is 0 Å². The molecular formula is C51H78O8. The van der Waals surface area contributed by atoms with Crippen LogP contribution >= 0.6 is 0 Å². The summed E-state index contributed by atoms with van der Waals surface area (Å²) >= 11 is 0. The van der Waals surface area contributed by atoms with E-state index in [1.807, 2.05) is 0 Å². The minimum absolute atomic E-state index is 0.229. The third-order valence-corrected chi connectivity index (χ3v) is 18.5. The Morgan fingerprint density at radius 1 is 0.458 bits per heavy atom. The zero-order valence-corrected chi connectivity index (χ0v) is 36.5. The second kappa shape index (κ2) is 19.3. The van der Waals surface area contributed by atoms with Crippen LogP contribution in [0.4, 0.5) is 0 Å². The van der Waals surface area contributed by atoms with Crippen molar-refractivity contribution in [1.29, 1.82) is 0 Å². The van der Waals surface area contributed by atoms with Crippen LogP contribution in [0.25, 0.3) is 0 Å². The molecule has 18 atom stereocenters. The van der Waals surface area contributed by atoms with Gasteiger partial charge in [0.25, 0.3) is 0 Å². The predicted octanol–water partition coefficient (Wildman–Crippen LogP) is 9.36. The van der Waals surface area contributed by atoms with Crippen LogP contribution in [0.2, 0.25) is 0 Å². The summed E-state index contributed by atoms with van der Waals surface area (Å²) in [5.74, 6) is 13.8. The Labute approximate surface area is 356 Å². The fraction of sp³-hybridized carbons (Fsp3) is 0.882. The highest BCUT2D eigenvalue weighted by molar-refractivity contribution is 5.86. The number of hydrogen-bond donors (Lipinski definition) is 0. The highest BCUT2D eigenvalue weighted by Crippen LogP contribution is 2.64. The average molecular weight is 819 g/mol. The molecule has 0 aromatic rings. The molecule has 0 N–H and O–H groups in total. The van der Waals surface area contributed by atoms with E-state index in [4.69, 9.17) is 28.4 Å². The lowest BCUT2D eigenvalue weighted by molar-refractivity contribution is -0.141. The molecule has 9 fully saturated rings. The lowest BCUT2D eigenvalue weighted by atomic mass is 9.76. The molecule has 18 unspecified atom stereocenters. The van der Waals surface area contributed by atoms with Gasteiger partial charge in [-0.3, -0.25) is 0 Å². The van der Waals surface area contributed by atoms with Gasteiger partial charge in [-0.15, -0.1) is 0 Å². The molecule has 0 aromatic carbocycles. The fourth-order valence-corrected chi connectivity index (χ4v) is 16.3. The van der Waals surface area contributed by atoms with Crippen LogP contribution in [0, 0.1) is 107 Å². The molecule has 9 saturated carbocycles. The van der Waals surface area contributed by atoms with E-state index in [2.05, 4.69) is 13.2 Å². The van der Waals surface area contributed by atoms with Gasteiger partial charge in [-0.25, -0.2) is 9.59 Å². The Kier molecular flexibility index (Phi) is 13.9. The summed E-state index contributed by atoms with van der Waals surface area (Å²) in [6.07, 6.45) is 21.8. The van der Waals surface area contributed by atoms with Crippen molar-refractivity contribution in [2.45, 2.75) is 110 Å². The van der Waals surface area contributed by atoms with Crippen molar-refractivity contribution in [2.24, 2.45) is 107 Å². The first kappa shape index (κ1) is 42.6. The Morgan fingerprint density at radius 3 is 1.20 bits per heavy atom. The molecule has 0 saturated heterocycles. The monoisotopic (exact) mass is 819 g/mol. The lowest BCUT2D eigenvalue weighted by Gasteiger charge is -2.31. The van der Waals surface area contributed by atoms with Gasteiger partial charge in [0, 0.05) is 64.5 Å². The SMILES string of the molecule is C=CC(=O)OCC1CC2CC1C1CC(COCCCCOCC3CC4C5CC(COCCCCOCC6CC7C8CC(COC(=O)C(=C)C)C(C8)C7C6)C(C5)C4C3)CC21.